The second-order valence-corrected chi connectivity index (χ2v) is 10.1. The summed E-state index contributed by atoms with van der Waals surface area (Å²) in [4.78, 5) is 0. The number of hydrogen-bond donors (Lipinski definition) is 0. The van der Waals surface area contributed by atoms with Crippen molar-refractivity contribution in [2.75, 3.05) is 0 Å². The van der Waals surface area contributed by atoms with Gasteiger partial charge in [-0.05, 0) is 48.3 Å². The zero-order valence-corrected chi connectivity index (χ0v) is 19.7. The van der Waals surface area contributed by atoms with Crippen LogP contribution < -0.4 is 4.74 Å². The van der Waals surface area contributed by atoms with Crippen molar-refractivity contribution < 1.29 is 4.74 Å². The Kier molecular flexibility index (Phi) is 6.69. The van der Waals surface area contributed by atoms with Gasteiger partial charge in [-0.1, -0.05) is 91.8 Å². The Morgan fingerprint density at radius 3 is 1.86 bits per heavy atom. The van der Waals surface area contributed by atoms with Gasteiger partial charge in [-0.2, -0.15) is 0 Å². The van der Waals surface area contributed by atoms with E-state index >= 15 is 0 Å². The highest BCUT2D eigenvalue weighted by Gasteiger charge is 2.33. The molecule has 0 N–H and O–H groups in total. The molecule has 0 saturated heterocycles. The Balaban J connectivity index is 2.95. The zero-order chi connectivity index (χ0) is 21.3. The van der Waals surface area contributed by atoms with E-state index in [0.717, 1.165) is 12.2 Å². The third-order valence-corrected chi connectivity index (χ3v) is 5.69. The fraction of sp³-hybridized carbons (Fsp3) is 0.556. The van der Waals surface area contributed by atoms with Gasteiger partial charge in [-0.15, -0.1) is 0 Å². The summed E-state index contributed by atoms with van der Waals surface area (Å²) in [7, 11) is 0. The molecule has 2 aromatic rings. The van der Waals surface area contributed by atoms with E-state index < -0.39 is 0 Å². The van der Waals surface area contributed by atoms with Crippen LogP contribution in [0.2, 0.25) is 0 Å². The van der Waals surface area contributed by atoms with Crippen LogP contribution >= 0.6 is 0 Å². The number of benzene rings is 2. The van der Waals surface area contributed by atoms with Crippen molar-refractivity contribution in [2.24, 2.45) is 0 Å². The van der Waals surface area contributed by atoms with E-state index in [4.69, 9.17) is 4.74 Å². The maximum absolute atomic E-state index is 6.56. The number of hydrogen-bond acceptors (Lipinski definition) is 1. The molecule has 1 nitrogen and oxygen atoms in total. The summed E-state index contributed by atoms with van der Waals surface area (Å²) in [5.74, 6) is 1.51. The van der Waals surface area contributed by atoms with E-state index in [1.54, 1.807) is 0 Å². The topological polar surface area (TPSA) is 9.23 Å². The Morgan fingerprint density at radius 1 is 0.857 bits per heavy atom. The van der Waals surface area contributed by atoms with E-state index in [0.29, 0.717) is 5.92 Å². The molecular weight excluding hydrogens is 340 g/mol. The lowest BCUT2D eigenvalue weighted by Gasteiger charge is -2.36. The number of rotatable bonds is 6. The predicted molar refractivity (Wildman–Crippen MR) is 123 cm³/mol. The molecule has 0 saturated carbocycles. The predicted octanol–water partition coefficient (Wildman–Crippen LogP) is 7.78. The van der Waals surface area contributed by atoms with E-state index in [9.17, 15) is 0 Å². The molecular formula is C27H40O. The Bertz CT molecular complexity index is 789. The molecule has 1 heteroatoms. The Hall–Kier alpha value is -1.76. The molecule has 0 spiro atoms. The molecule has 0 amide bonds. The van der Waals surface area contributed by atoms with Gasteiger partial charge in [0, 0.05) is 16.5 Å². The molecule has 154 valence electrons. The van der Waals surface area contributed by atoms with Crippen molar-refractivity contribution in [1.82, 2.24) is 0 Å². The van der Waals surface area contributed by atoms with Crippen LogP contribution in [0, 0.1) is 0 Å². The standard InChI is InChI=1S/C27H40O/c1-11-21-22(26(6,7)8)17-23(25(28-19(4)5)24(21)18(2)3)27(9,10)20-15-13-12-14-16-20/h12-19H,11H2,1-10H3. The van der Waals surface area contributed by atoms with Crippen LogP contribution in [-0.2, 0) is 17.3 Å². The minimum atomic E-state index is -0.138. The Morgan fingerprint density at radius 2 is 1.43 bits per heavy atom. The molecule has 0 aromatic heterocycles. The summed E-state index contributed by atoms with van der Waals surface area (Å²) in [5, 5.41) is 0. The SMILES string of the molecule is CCc1c(C(C)(C)C)cc(C(C)(C)c2ccccc2)c(OC(C)C)c1C(C)C. The second-order valence-electron chi connectivity index (χ2n) is 10.1. The molecule has 0 aliphatic carbocycles. The monoisotopic (exact) mass is 380 g/mol. The smallest absolute Gasteiger partial charge is 0.127 e. The quantitative estimate of drug-likeness (QED) is 0.497. The van der Waals surface area contributed by atoms with Crippen LogP contribution in [0.25, 0.3) is 0 Å². The molecule has 28 heavy (non-hydrogen) atoms. The van der Waals surface area contributed by atoms with Gasteiger partial charge in [0.25, 0.3) is 0 Å². The van der Waals surface area contributed by atoms with Crippen molar-refractivity contribution in [3.8, 4) is 5.75 Å². The third-order valence-electron chi connectivity index (χ3n) is 5.69. The molecule has 0 unspecified atom stereocenters. The fourth-order valence-electron chi connectivity index (χ4n) is 4.22. The molecule has 0 heterocycles. The normalized spacial score (nSPS) is 12.7. The average molecular weight is 381 g/mol. The summed E-state index contributed by atoms with van der Waals surface area (Å²) in [5.41, 5.74) is 6.89. The zero-order valence-electron chi connectivity index (χ0n) is 19.7. The van der Waals surface area contributed by atoms with Crippen LogP contribution in [0.15, 0.2) is 36.4 Å². The average Bonchev–Trinajstić information content (AvgIpc) is 2.59. The van der Waals surface area contributed by atoms with Crippen molar-refractivity contribution in [3.05, 3.63) is 64.2 Å². The summed E-state index contributed by atoms with van der Waals surface area (Å²) >= 11 is 0. The van der Waals surface area contributed by atoms with Gasteiger partial charge in [0.15, 0.2) is 0 Å². The largest absolute Gasteiger partial charge is 0.490 e. The van der Waals surface area contributed by atoms with Gasteiger partial charge in [-0.25, -0.2) is 0 Å². The van der Waals surface area contributed by atoms with E-state index in [1.165, 1.54) is 27.8 Å². The summed E-state index contributed by atoms with van der Waals surface area (Å²) in [6.45, 7) is 22.8. The van der Waals surface area contributed by atoms with Gasteiger partial charge in [0.1, 0.15) is 5.75 Å². The van der Waals surface area contributed by atoms with Crippen molar-refractivity contribution in [2.45, 2.75) is 98.5 Å². The second kappa shape index (κ2) is 8.31. The van der Waals surface area contributed by atoms with Crippen LogP contribution in [-0.4, -0.2) is 6.10 Å². The molecule has 0 atom stereocenters. The fourth-order valence-corrected chi connectivity index (χ4v) is 4.22. The summed E-state index contributed by atoms with van der Waals surface area (Å²) < 4.78 is 6.56. The van der Waals surface area contributed by atoms with Gasteiger partial charge < -0.3 is 4.74 Å². The maximum Gasteiger partial charge on any atom is 0.127 e. The third kappa shape index (κ3) is 4.45. The lowest BCUT2D eigenvalue weighted by Crippen LogP contribution is -2.26. The lowest BCUT2D eigenvalue weighted by atomic mass is 9.71. The maximum atomic E-state index is 6.56. The molecule has 0 radical (unpaired) electrons. The van der Waals surface area contributed by atoms with Gasteiger partial charge in [0.05, 0.1) is 6.10 Å². The van der Waals surface area contributed by atoms with Crippen LogP contribution in [0.3, 0.4) is 0 Å². The summed E-state index contributed by atoms with van der Waals surface area (Å²) in [6.07, 6.45) is 1.17. The molecule has 0 bridgehead atoms. The van der Waals surface area contributed by atoms with Gasteiger partial charge >= 0.3 is 0 Å². The van der Waals surface area contributed by atoms with Crippen LogP contribution in [0.4, 0.5) is 0 Å². The molecule has 0 fully saturated rings. The molecule has 2 aromatic carbocycles. The highest BCUT2D eigenvalue weighted by Crippen LogP contribution is 2.46. The van der Waals surface area contributed by atoms with Crippen molar-refractivity contribution >= 4 is 0 Å². The number of ether oxygens (including phenoxy) is 1. The molecule has 0 aliphatic heterocycles. The van der Waals surface area contributed by atoms with E-state index in [2.05, 4.69) is 106 Å². The Labute approximate surface area is 173 Å². The first-order chi connectivity index (χ1) is 12.9. The van der Waals surface area contributed by atoms with Gasteiger partial charge in [0.2, 0.25) is 0 Å². The minimum Gasteiger partial charge on any atom is -0.490 e. The first kappa shape index (κ1) is 22.5. The van der Waals surface area contributed by atoms with Crippen LogP contribution in [0.1, 0.15) is 103 Å². The molecule has 2 rings (SSSR count). The first-order valence-corrected chi connectivity index (χ1v) is 10.8. The van der Waals surface area contributed by atoms with E-state index in [-0.39, 0.29) is 16.9 Å². The van der Waals surface area contributed by atoms with Crippen molar-refractivity contribution in [1.29, 1.82) is 0 Å². The first-order valence-electron chi connectivity index (χ1n) is 10.8. The van der Waals surface area contributed by atoms with E-state index in [1.807, 2.05) is 0 Å². The van der Waals surface area contributed by atoms with Crippen LogP contribution in [0.5, 0.6) is 5.75 Å². The van der Waals surface area contributed by atoms with Crippen molar-refractivity contribution in [3.63, 3.8) is 0 Å². The lowest BCUT2D eigenvalue weighted by molar-refractivity contribution is 0.233. The summed E-state index contributed by atoms with van der Waals surface area (Å²) in [6, 6.07) is 13.3. The highest BCUT2D eigenvalue weighted by atomic mass is 16.5. The minimum absolute atomic E-state index is 0.0901. The highest BCUT2D eigenvalue weighted by molar-refractivity contribution is 5.58. The van der Waals surface area contributed by atoms with Gasteiger partial charge in [-0.3, -0.25) is 0 Å². The molecule has 0 aliphatic rings.